The summed E-state index contributed by atoms with van der Waals surface area (Å²) in [5.74, 6) is -3.63. The van der Waals surface area contributed by atoms with Gasteiger partial charge >= 0.3 is 0 Å². The van der Waals surface area contributed by atoms with Gasteiger partial charge in [0.15, 0.2) is 17.5 Å². The molecule has 2 aromatic carbocycles. The molecule has 0 saturated carbocycles. The molecule has 3 aromatic rings. The first kappa shape index (κ1) is 25.2. The molecule has 2 N–H and O–H groups in total. The fraction of sp³-hybridized carbons (Fsp3) is 0.357. The summed E-state index contributed by atoms with van der Waals surface area (Å²) in [6.07, 6.45) is 3.94. The molecule has 9 heteroatoms. The molecule has 3 heterocycles. The maximum absolute atomic E-state index is 14.1. The highest BCUT2D eigenvalue weighted by molar-refractivity contribution is 6.08. The first-order valence-electron chi connectivity index (χ1n) is 12.6. The van der Waals surface area contributed by atoms with Crippen molar-refractivity contribution in [2.45, 2.75) is 31.7 Å². The Morgan fingerprint density at radius 3 is 2.57 bits per heavy atom. The highest BCUT2D eigenvalue weighted by Gasteiger charge is 2.32. The maximum Gasteiger partial charge on any atom is 0.260 e. The third kappa shape index (κ3) is 5.33. The Bertz CT molecular complexity index is 1270. The van der Waals surface area contributed by atoms with Gasteiger partial charge < -0.3 is 15.3 Å². The lowest BCUT2D eigenvalue weighted by molar-refractivity contribution is 0.0952. The molecule has 0 bridgehead atoms. The normalized spacial score (nSPS) is 15.9. The summed E-state index contributed by atoms with van der Waals surface area (Å²) >= 11 is 0. The fourth-order valence-corrected chi connectivity index (χ4v) is 5.32. The number of likely N-dealkylation sites (tertiary alicyclic amines) is 1. The van der Waals surface area contributed by atoms with E-state index >= 15 is 0 Å². The van der Waals surface area contributed by atoms with Crippen molar-refractivity contribution in [3.63, 3.8) is 0 Å². The van der Waals surface area contributed by atoms with Crippen molar-refractivity contribution in [1.29, 1.82) is 0 Å². The van der Waals surface area contributed by atoms with Crippen LogP contribution in [0.2, 0.25) is 0 Å². The number of aliphatic hydroxyl groups excluding tert-OH is 1. The van der Waals surface area contributed by atoms with Gasteiger partial charge in [-0.2, -0.15) is 0 Å². The third-order valence-corrected chi connectivity index (χ3v) is 7.16. The van der Waals surface area contributed by atoms with Crippen LogP contribution >= 0.6 is 0 Å². The Hall–Kier alpha value is -3.43. The van der Waals surface area contributed by atoms with Crippen LogP contribution in [-0.2, 0) is 12.8 Å². The molecule has 1 amide bonds. The molecular formula is C28H29F3N4O2. The van der Waals surface area contributed by atoms with Gasteiger partial charge in [0, 0.05) is 49.7 Å². The summed E-state index contributed by atoms with van der Waals surface area (Å²) in [4.78, 5) is 22.5. The Labute approximate surface area is 213 Å². The molecule has 5 rings (SSSR count). The minimum Gasteiger partial charge on any atom is -0.395 e. The monoisotopic (exact) mass is 510 g/mol. The number of amides is 1. The number of hydrogen-bond donors (Lipinski definition) is 2. The van der Waals surface area contributed by atoms with Crippen LogP contribution in [0.15, 0.2) is 48.7 Å². The highest BCUT2D eigenvalue weighted by atomic mass is 19.2. The van der Waals surface area contributed by atoms with E-state index in [-0.39, 0.29) is 30.5 Å². The number of β-amino-alcohol motifs (C(OH)–C–C–N with tert-alkyl or cyclic N) is 1. The highest BCUT2D eigenvalue weighted by Crippen LogP contribution is 2.31. The van der Waals surface area contributed by atoms with Crippen LogP contribution in [0.1, 0.15) is 39.9 Å². The number of benzene rings is 2. The van der Waals surface area contributed by atoms with Gasteiger partial charge in [-0.15, -0.1) is 0 Å². The number of nitrogens with zero attached hydrogens (tertiary/aromatic N) is 3. The number of nitrogens with one attached hydrogen (secondary N) is 1. The number of aromatic nitrogens is 1. The van der Waals surface area contributed by atoms with Crippen molar-refractivity contribution in [1.82, 2.24) is 9.88 Å². The molecule has 0 atom stereocenters. The number of rotatable bonds is 7. The van der Waals surface area contributed by atoms with E-state index in [1.54, 1.807) is 23.2 Å². The van der Waals surface area contributed by atoms with Crippen LogP contribution < -0.4 is 10.2 Å². The third-order valence-electron chi connectivity index (χ3n) is 7.16. The van der Waals surface area contributed by atoms with E-state index in [2.05, 4.69) is 15.2 Å². The van der Waals surface area contributed by atoms with Crippen LogP contribution in [0, 0.1) is 17.5 Å². The smallest absolute Gasteiger partial charge is 0.260 e. The lowest BCUT2D eigenvalue weighted by Crippen LogP contribution is -2.48. The van der Waals surface area contributed by atoms with E-state index in [0.29, 0.717) is 23.5 Å². The standard InChI is InChI=1S/C28H29F3N4O2/c29-23-15-19(16-24(30)27(23)31)14-18-4-8-33-26(17-18)35(20-6-10-34(11-7-20)12-13-36)28(37)22-2-1-3-25-21(22)5-9-32-25/h1-4,8,15-17,20,32,36H,5-7,9-14H2. The van der Waals surface area contributed by atoms with Crippen molar-refractivity contribution in [3.05, 3.63) is 88.4 Å². The number of carbonyl (C=O) groups is 1. The molecule has 37 heavy (non-hydrogen) atoms. The van der Waals surface area contributed by atoms with Gasteiger partial charge in [-0.05, 0) is 78.8 Å². The number of fused-ring (bicyclic) bond motifs is 1. The van der Waals surface area contributed by atoms with Gasteiger partial charge in [-0.1, -0.05) is 6.07 Å². The van der Waals surface area contributed by atoms with Gasteiger partial charge in [-0.3, -0.25) is 9.69 Å². The second-order valence-corrected chi connectivity index (χ2v) is 9.55. The van der Waals surface area contributed by atoms with Crippen molar-refractivity contribution >= 4 is 17.4 Å². The first-order chi connectivity index (χ1) is 17.9. The van der Waals surface area contributed by atoms with E-state index in [0.717, 1.165) is 62.3 Å². The lowest BCUT2D eigenvalue weighted by Gasteiger charge is -2.38. The average Bonchev–Trinajstić information content (AvgIpc) is 3.38. The fourth-order valence-electron chi connectivity index (χ4n) is 5.32. The van der Waals surface area contributed by atoms with Crippen molar-refractivity contribution in [2.24, 2.45) is 0 Å². The van der Waals surface area contributed by atoms with E-state index in [1.807, 2.05) is 18.2 Å². The molecular weight excluding hydrogens is 481 g/mol. The van der Waals surface area contributed by atoms with Gasteiger partial charge in [0.2, 0.25) is 0 Å². The number of piperidine rings is 1. The summed E-state index contributed by atoms with van der Waals surface area (Å²) in [6.45, 7) is 2.95. The van der Waals surface area contributed by atoms with Gasteiger partial charge in [-0.25, -0.2) is 18.2 Å². The van der Waals surface area contributed by atoms with Crippen LogP contribution in [0.3, 0.4) is 0 Å². The van der Waals surface area contributed by atoms with Gasteiger partial charge in [0.25, 0.3) is 5.91 Å². The summed E-state index contributed by atoms with van der Waals surface area (Å²) in [5.41, 5.74) is 3.58. The van der Waals surface area contributed by atoms with E-state index < -0.39 is 17.5 Å². The zero-order valence-electron chi connectivity index (χ0n) is 20.4. The molecule has 0 radical (unpaired) electrons. The summed E-state index contributed by atoms with van der Waals surface area (Å²) in [6, 6.07) is 11.0. The predicted octanol–water partition coefficient (Wildman–Crippen LogP) is 4.16. The number of halogens is 3. The van der Waals surface area contributed by atoms with Crippen LogP contribution in [0.4, 0.5) is 24.7 Å². The van der Waals surface area contributed by atoms with Crippen LogP contribution in [0.25, 0.3) is 0 Å². The molecule has 0 unspecified atom stereocenters. The maximum atomic E-state index is 14.1. The number of carbonyl (C=O) groups excluding carboxylic acids is 1. The van der Waals surface area contributed by atoms with Crippen molar-refractivity contribution < 1.29 is 23.1 Å². The lowest BCUT2D eigenvalue weighted by atomic mass is 9.98. The quantitative estimate of drug-likeness (QED) is 0.468. The minimum absolute atomic E-state index is 0.0879. The molecule has 0 spiro atoms. The SMILES string of the molecule is O=C(c1cccc2c1CCN2)N(c1cc(Cc2cc(F)c(F)c(F)c2)ccn1)C1CCN(CCO)CC1. The van der Waals surface area contributed by atoms with Gasteiger partial charge in [0.05, 0.1) is 6.61 Å². The second kappa shape index (κ2) is 10.9. The molecule has 2 aliphatic heterocycles. The average molecular weight is 511 g/mol. The molecule has 1 aromatic heterocycles. The Morgan fingerprint density at radius 2 is 1.84 bits per heavy atom. The van der Waals surface area contributed by atoms with E-state index in [4.69, 9.17) is 0 Å². The van der Waals surface area contributed by atoms with Crippen molar-refractivity contribution in [2.75, 3.05) is 43.0 Å². The first-order valence-corrected chi connectivity index (χ1v) is 12.6. The second-order valence-electron chi connectivity index (χ2n) is 9.55. The Kier molecular flexibility index (Phi) is 7.43. The zero-order chi connectivity index (χ0) is 25.9. The summed E-state index contributed by atoms with van der Waals surface area (Å²) < 4.78 is 41.0. The minimum atomic E-state index is -1.49. The summed E-state index contributed by atoms with van der Waals surface area (Å²) in [5, 5.41) is 12.6. The zero-order valence-corrected chi connectivity index (χ0v) is 20.4. The topological polar surface area (TPSA) is 68.7 Å². The Morgan fingerprint density at radius 1 is 1.08 bits per heavy atom. The summed E-state index contributed by atoms with van der Waals surface area (Å²) in [7, 11) is 0. The molecule has 1 fully saturated rings. The Balaban J connectivity index is 1.48. The molecule has 2 aliphatic rings. The van der Waals surface area contributed by atoms with Crippen LogP contribution in [-0.4, -0.2) is 59.7 Å². The number of pyridine rings is 1. The van der Waals surface area contributed by atoms with Crippen LogP contribution in [0.5, 0.6) is 0 Å². The van der Waals surface area contributed by atoms with E-state index in [1.165, 1.54) is 0 Å². The number of aliphatic hydroxyl groups is 1. The molecule has 0 aliphatic carbocycles. The predicted molar refractivity (Wildman–Crippen MR) is 135 cm³/mol. The molecule has 6 nitrogen and oxygen atoms in total. The largest absolute Gasteiger partial charge is 0.395 e. The van der Waals surface area contributed by atoms with Gasteiger partial charge in [0.1, 0.15) is 5.82 Å². The van der Waals surface area contributed by atoms with E-state index in [9.17, 15) is 23.1 Å². The van der Waals surface area contributed by atoms with Crippen molar-refractivity contribution in [3.8, 4) is 0 Å². The molecule has 194 valence electrons. The number of anilines is 2. The number of hydrogen-bond acceptors (Lipinski definition) is 5. The molecule has 1 saturated heterocycles.